The number of anilines is 1. The minimum atomic E-state index is -3.67. The quantitative estimate of drug-likeness (QED) is 0.825. The largest absolute Gasteiger partial charge is 0.482 e. The maximum absolute atomic E-state index is 13.1. The predicted octanol–water partition coefficient (Wildman–Crippen LogP) is 1.04. The molecule has 9 heteroatoms. The molecule has 0 aliphatic carbocycles. The Labute approximate surface area is 158 Å². The van der Waals surface area contributed by atoms with E-state index in [9.17, 15) is 18.0 Å². The number of benzene rings is 1. The van der Waals surface area contributed by atoms with Crippen molar-refractivity contribution >= 4 is 27.5 Å². The monoisotopic (exact) mass is 393 g/mol. The second-order valence-corrected chi connectivity index (χ2v) is 9.25. The lowest BCUT2D eigenvalue weighted by atomic mass is 9.99. The van der Waals surface area contributed by atoms with Crippen LogP contribution in [0.15, 0.2) is 23.1 Å². The van der Waals surface area contributed by atoms with E-state index >= 15 is 0 Å². The Morgan fingerprint density at radius 3 is 2.81 bits per heavy atom. The zero-order chi connectivity index (χ0) is 19.0. The van der Waals surface area contributed by atoms with Crippen molar-refractivity contribution in [1.29, 1.82) is 0 Å². The first-order valence-electron chi connectivity index (χ1n) is 9.28. The van der Waals surface area contributed by atoms with Crippen LogP contribution in [0.2, 0.25) is 0 Å². The van der Waals surface area contributed by atoms with Crippen LogP contribution >= 0.6 is 0 Å². The van der Waals surface area contributed by atoms with Gasteiger partial charge in [-0.25, -0.2) is 8.42 Å². The van der Waals surface area contributed by atoms with Crippen LogP contribution in [0.25, 0.3) is 0 Å². The minimum absolute atomic E-state index is 0.0673. The summed E-state index contributed by atoms with van der Waals surface area (Å²) in [6, 6.07) is 4.54. The fourth-order valence-corrected chi connectivity index (χ4v) is 5.56. The third kappa shape index (κ3) is 3.66. The second-order valence-electron chi connectivity index (χ2n) is 7.31. The molecule has 0 spiro atoms. The highest BCUT2D eigenvalue weighted by molar-refractivity contribution is 7.89. The van der Waals surface area contributed by atoms with Crippen molar-refractivity contribution < 1.29 is 22.7 Å². The van der Waals surface area contributed by atoms with Crippen LogP contribution in [0.1, 0.15) is 25.7 Å². The van der Waals surface area contributed by atoms with Gasteiger partial charge in [-0.1, -0.05) is 0 Å². The van der Waals surface area contributed by atoms with Gasteiger partial charge in [-0.3, -0.25) is 9.59 Å². The first-order chi connectivity index (χ1) is 12.9. The second kappa shape index (κ2) is 7.12. The van der Waals surface area contributed by atoms with E-state index in [2.05, 4.69) is 5.32 Å². The van der Waals surface area contributed by atoms with Gasteiger partial charge in [0, 0.05) is 32.6 Å². The molecule has 0 bridgehead atoms. The first kappa shape index (κ1) is 18.2. The summed E-state index contributed by atoms with van der Waals surface area (Å²) in [6.45, 7) is 2.20. The highest BCUT2D eigenvalue weighted by Gasteiger charge is 2.33. The standard InChI is InChI=1S/C18H23N3O5S/c22-17-12-26-16-6-5-14(9-15(16)19-17)27(24,25)21-8-1-3-13(11-21)10-20-7-2-4-18(20)23/h5-6,9,13H,1-4,7-8,10-12H2,(H,19,22)/t13-/m1/s1. The molecule has 2 fully saturated rings. The smallest absolute Gasteiger partial charge is 0.262 e. The Morgan fingerprint density at radius 1 is 1.19 bits per heavy atom. The normalized spacial score (nSPS) is 23.7. The van der Waals surface area contributed by atoms with E-state index in [1.165, 1.54) is 16.4 Å². The van der Waals surface area contributed by atoms with E-state index in [4.69, 9.17) is 4.74 Å². The minimum Gasteiger partial charge on any atom is -0.482 e. The molecule has 0 unspecified atom stereocenters. The molecule has 0 aromatic heterocycles. The number of likely N-dealkylation sites (tertiary alicyclic amines) is 1. The number of amides is 2. The van der Waals surface area contributed by atoms with Crippen LogP contribution in [0.5, 0.6) is 5.75 Å². The van der Waals surface area contributed by atoms with Crippen molar-refractivity contribution in [3.05, 3.63) is 18.2 Å². The van der Waals surface area contributed by atoms with Crippen LogP contribution < -0.4 is 10.1 Å². The molecule has 0 radical (unpaired) electrons. The Morgan fingerprint density at radius 2 is 2.04 bits per heavy atom. The van der Waals surface area contributed by atoms with Crippen molar-refractivity contribution in [2.75, 3.05) is 38.1 Å². The number of piperidine rings is 1. The maximum atomic E-state index is 13.1. The number of carbonyl (C=O) groups excluding carboxylic acids is 2. The molecule has 1 atom stereocenters. The number of fused-ring (bicyclic) bond motifs is 1. The van der Waals surface area contributed by atoms with Gasteiger partial charge >= 0.3 is 0 Å². The third-order valence-electron chi connectivity index (χ3n) is 5.35. The Hall–Kier alpha value is -2.13. The molecule has 2 amide bonds. The average molecular weight is 393 g/mol. The number of nitrogens with zero attached hydrogens (tertiary/aromatic N) is 2. The van der Waals surface area contributed by atoms with Crippen LogP contribution in [-0.4, -0.2) is 62.2 Å². The van der Waals surface area contributed by atoms with E-state index in [1.54, 1.807) is 6.07 Å². The van der Waals surface area contributed by atoms with Gasteiger partial charge in [0.05, 0.1) is 10.6 Å². The van der Waals surface area contributed by atoms with Crippen LogP contribution in [0, 0.1) is 5.92 Å². The number of sulfonamides is 1. The number of carbonyl (C=O) groups is 2. The van der Waals surface area contributed by atoms with Gasteiger partial charge < -0.3 is 15.0 Å². The highest BCUT2D eigenvalue weighted by Crippen LogP contribution is 2.32. The van der Waals surface area contributed by atoms with Crippen LogP contribution in [0.3, 0.4) is 0 Å². The fraction of sp³-hybridized carbons (Fsp3) is 0.556. The molecule has 1 aromatic carbocycles. The summed E-state index contributed by atoms with van der Waals surface area (Å²) in [6.07, 6.45) is 3.18. The highest BCUT2D eigenvalue weighted by atomic mass is 32.2. The molecule has 146 valence electrons. The third-order valence-corrected chi connectivity index (χ3v) is 7.21. The number of rotatable bonds is 4. The molecule has 1 N–H and O–H groups in total. The van der Waals surface area contributed by atoms with Gasteiger partial charge in [0.25, 0.3) is 5.91 Å². The molecule has 4 rings (SSSR count). The topological polar surface area (TPSA) is 96.0 Å². The lowest BCUT2D eigenvalue weighted by Gasteiger charge is -2.34. The van der Waals surface area contributed by atoms with Gasteiger partial charge in [-0.05, 0) is 43.4 Å². The number of hydrogen-bond donors (Lipinski definition) is 1. The van der Waals surface area contributed by atoms with E-state index in [0.29, 0.717) is 37.5 Å². The van der Waals surface area contributed by atoms with Gasteiger partial charge in [0.15, 0.2) is 6.61 Å². The number of nitrogens with one attached hydrogen (secondary N) is 1. The SMILES string of the molecule is O=C1COc2ccc(S(=O)(=O)N3CCC[C@H](CN4CCCC4=O)C3)cc2N1. The Bertz CT molecular complexity index is 870. The molecule has 2 saturated heterocycles. The Balaban J connectivity index is 1.50. The number of ether oxygens (including phenoxy) is 1. The molecule has 3 heterocycles. The summed E-state index contributed by atoms with van der Waals surface area (Å²) >= 11 is 0. The van der Waals surface area contributed by atoms with Crippen molar-refractivity contribution in [1.82, 2.24) is 9.21 Å². The first-order valence-corrected chi connectivity index (χ1v) is 10.7. The van der Waals surface area contributed by atoms with Crippen LogP contribution in [-0.2, 0) is 19.6 Å². The fourth-order valence-electron chi connectivity index (χ4n) is 3.97. The van der Waals surface area contributed by atoms with E-state index in [0.717, 1.165) is 25.8 Å². The number of hydrogen-bond acceptors (Lipinski definition) is 5. The van der Waals surface area contributed by atoms with Crippen molar-refractivity contribution in [2.45, 2.75) is 30.6 Å². The molecule has 1 aromatic rings. The summed E-state index contributed by atoms with van der Waals surface area (Å²) in [5.41, 5.74) is 0.378. The molecule has 3 aliphatic heterocycles. The predicted molar refractivity (Wildman–Crippen MR) is 97.9 cm³/mol. The molecular weight excluding hydrogens is 370 g/mol. The van der Waals surface area contributed by atoms with Gasteiger partial charge in [0.2, 0.25) is 15.9 Å². The van der Waals surface area contributed by atoms with Crippen molar-refractivity contribution in [3.63, 3.8) is 0 Å². The van der Waals surface area contributed by atoms with E-state index in [-0.39, 0.29) is 29.2 Å². The van der Waals surface area contributed by atoms with Crippen molar-refractivity contribution in [2.24, 2.45) is 5.92 Å². The van der Waals surface area contributed by atoms with Gasteiger partial charge in [-0.2, -0.15) is 4.31 Å². The zero-order valence-corrected chi connectivity index (χ0v) is 15.8. The zero-order valence-electron chi connectivity index (χ0n) is 15.0. The summed E-state index contributed by atoms with van der Waals surface area (Å²) in [4.78, 5) is 25.4. The lowest BCUT2D eigenvalue weighted by molar-refractivity contribution is -0.128. The summed E-state index contributed by atoms with van der Waals surface area (Å²) in [5.74, 6) is 0.486. The maximum Gasteiger partial charge on any atom is 0.262 e. The van der Waals surface area contributed by atoms with Gasteiger partial charge in [-0.15, -0.1) is 0 Å². The molecule has 8 nitrogen and oxygen atoms in total. The van der Waals surface area contributed by atoms with E-state index in [1.807, 2.05) is 4.90 Å². The van der Waals surface area contributed by atoms with Crippen molar-refractivity contribution in [3.8, 4) is 5.75 Å². The Kier molecular flexibility index (Phi) is 4.81. The summed E-state index contributed by atoms with van der Waals surface area (Å²) in [5, 5.41) is 2.65. The summed E-state index contributed by atoms with van der Waals surface area (Å²) < 4.78 is 33.0. The van der Waals surface area contributed by atoms with Crippen LogP contribution in [0.4, 0.5) is 5.69 Å². The van der Waals surface area contributed by atoms with Gasteiger partial charge in [0.1, 0.15) is 5.75 Å². The average Bonchev–Trinajstić information content (AvgIpc) is 3.06. The van der Waals surface area contributed by atoms with E-state index < -0.39 is 10.0 Å². The lowest BCUT2D eigenvalue weighted by Crippen LogP contribution is -2.44. The molecule has 0 saturated carbocycles. The summed E-state index contributed by atoms with van der Waals surface area (Å²) in [7, 11) is -3.67. The molecule has 3 aliphatic rings. The molecule has 27 heavy (non-hydrogen) atoms. The molecular formula is C18H23N3O5S.